The summed E-state index contributed by atoms with van der Waals surface area (Å²) in [5.74, 6) is 1.14. The number of nitrogens with zero attached hydrogens (tertiary/aromatic N) is 4. The summed E-state index contributed by atoms with van der Waals surface area (Å²) in [5.41, 5.74) is 10.3. The van der Waals surface area contributed by atoms with E-state index in [9.17, 15) is 5.26 Å². The van der Waals surface area contributed by atoms with Crippen LogP contribution in [0.5, 0.6) is 0 Å². The van der Waals surface area contributed by atoms with Crippen molar-refractivity contribution in [2.75, 3.05) is 4.90 Å². The molecule has 266 valence electrons. The van der Waals surface area contributed by atoms with Crippen LogP contribution in [0.15, 0.2) is 191 Å². The highest BCUT2D eigenvalue weighted by Crippen LogP contribution is 2.40. The first-order chi connectivity index (χ1) is 28.1. The summed E-state index contributed by atoms with van der Waals surface area (Å²) < 4.78 is 12.2. The van der Waals surface area contributed by atoms with Gasteiger partial charge in [-0.2, -0.15) is 5.26 Å². The number of nitriles is 1. The first-order valence-electron chi connectivity index (χ1n) is 18.8. The standard InChI is InChI=1S/C51H30N4O2/c52-31-39-27-38-28-42(26-21-36(38)29-44(39)37-16-15-33-14-13-32-7-1-2-8-43(32)45(33)30-37)55(40-22-17-34(18-23-40)50-53-46-9-3-5-11-48(46)56-50)41-24-19-35(20-25-41)51-54-47-10-4-6-12-49(47)57-51/h1-30H. The summed E-state index contributed by atoms with van der Waals surface area (Å²) in [6.07, 6.45) is 0. The van der Waals surface area contributed by atoms with Crippen molar-refractivity contribution in [3.8, 4) is 40.1 Å². The lowest BCUT2D eigenvalue weighted by Crippen LogP contribution is -2.10. The highest BCUT2D eigenvalue weighted by atomic mass is 16.4. The molecule has 6 heteroatoms. The molecule has 0 saturated carbocycles. The average molecular weight is 731 g/mol. The average Bonchev–Trinajstić information content (AvgIpc) is 3.92. The molecule has 57 heavy (non-hydrogen) atoms. The maximum absolute atomic E-state index is 10.5. The molecule has 0 radical (unpaired) electrons. The number of hydrogen-bond acceptors (Lipinski definition) is 6. The van der Waals surface area contributed by atoms with Gasteiger partial charge in [-0.3, -0.25) is 0 Å². The Hall–Kier alpha value is -8.01. The Morgan fingerprint density at radius 3 is 1.58 bits per heavy atom. The van der Waals surface area contributed by atoms with E-state index in [2.05, 4.69) is 114 Å². The van der Waals surface area contributed by atoms with E-state index in [0.717, 1.165) is 72.3 Å². The zero-order valence-electron chi connectivity index (χ0n) is 30.4. The smallest absolute Gasteiger partial charge is 0.227 e. The molecule has 9 aromatic carbocycles. The molecule has 0 N–H and O–H groups in total. The van der Waals surface area contributed by atoms with Crippen molar-refractivity contribution >= 4 is 71.6 Å². The predicted molar refractivity (Wildman–Crippen MR) is 230 cm³/mol. The Labute approximate surface area is 327 Å². The third-order valence-electron chi connectivity index (χ3n) is 10.7. The van der Waals surface area contributed by atoms with E-state index in [-0.39, 0.29) is 0 Å². The molecular formula is C51H30N4O2. The van der Waals surface area contributed by atoms with Gasteiger partial charge in [0.2, 0.25) is 11.8 Å². The van der Waals surface area contributed by atoms with Gasteiger partial charge < -0.3 is 13.7 Å². The first-order valence-corrected chi connectivity index (χ1v) is 18.8. The minimum Gasteiger partial charge on any atom is -0.436 e. The van der Waals surface area contributed by atoms with E-state index in [1.165, 1.54) is 21.5 Å². The van der Waals surface area contributed by atoms with Crippen LogP contribution in [-0.2, 0) is 0 Å². The van der Waals surface area contributed by atoms with Gasteiger partial charge in [-0.1, -0.05) is 78.9 Å². The van der Waals surface area contributed by atoms with Crippen molar-refractivity contribution in [3.05, 3.63) is 188 Å². The van der Waals surface area contributed by atoms with E-state index in [0.29, 0.717) is 17.3 Å². The number of rotatable bonds is 6. The van der Waals surface area contributed by atoms with Crippen LogP contribution in [-0.4, -0.2) is 9.97 Å². The maximum Gasteiger partial charge on any atom is 0.227 e. The lowest BCUT2D eigenvalue weighted by atomic mass is 9.93. The second-order valence-corrected chi connectivity index (χ2v) is 14.2. The largest absolute Gasteiger partial charge is 0.436 e. The SMILES string of the molecule is N#Cc1cc2cc(N(c3ccc(-c4nc5ccccc5o4)cc3)c3ccc(-c4nc5ccccc5o4)cc3)ccc2cc1-c1ccc2ccc3ccccc3c2c1. The van der Waals surface area contributed by atoms with Crippen LogP contribution in [0.25, 0.3) is 88.6 Å². The van der Waals surface area contributed by atoms with Gasteiger partial charge in [-0.15, -0.1) is 0 Å². The molecule has 0 atom stereocenters. The second kappa shape index (κ2) is 13.1. The Kier molecular flexibility index (Phi) is 7.44. The van der Waals surface area contributed by atoms with Gasteiger partial charge in [0.05, 0.1) is 11.6 Å². The summed E-state index contributed by atoms with van der Waals surface area (Å²) in [4.78, 5) is 11.6. The number of aromatic nitrogens is 2. The Morgan fingerprint density at radius 1 is 0.421 bits per heavy atom. The molecule has 6 nitrogen and oxygen atoms in total. The topological polar surface area (TPSA) is 79.1 Å². The van der Waals surface area contributed by atoms with Crippen LogP contribution in [0, 0.1) is 11.3 Å². The van der Waals surface area contributed by atoms with Gasteiger partial charge >= 0.3 is 0 Å². The molecular weight excluding hydrogens is 701 g/mol. The van der Waals surface area contributed by atoms with Gasteiger partial charge in [-0.05, 0) is 141 Å². The van der Waals surface area contributed by atoms with Crippen molar-refractivity contribution in [2.45, 2.75) is 0 Å². The number of benzene rings is 9. The number of fused-ring (bicyclic) bond motifs is 6. The van der Waals surface area contributed by atoms with Gasteiger partial charge in [0.25, 0.3) is 0 Å². The molecule has 0 aliphatic carbocycles. The third kappa shape index (κ3) is 5.65. The molecule has 0 aliphatic heterocycles. The molecule has 0 bridgehead atoms. The van der Waals surface area contributed by atoms with E-state index in [1.54, 1.807) is 0 Å². The second-order valence-electron chi connectivity index (χ2n) is 14.2. The normalized spacial score (nSPS) is 11.5. The molecule has 11 aromatic rings. The fraction of sp³-hybridized carbons (Fsp3) is 0. The fourth-order valence-corrected chi connectivity index (χ4v) is 7.87. The Balaban J connectivity index is 1.01. The number of anilines is 3. The third-order valence-corrected chi connectivity index (χ3v) is 10.7. The summed E-state index contributed by atoms with van der Waals surface area (Å²) in [5, 5.41) is 17.3. The van der Waals surface area contributed by atoms with Crippen LogP contribution in [0.3, 0.4) is 0 Å². The Morgan fingerprint density at radius 2 is 0.947 bits per heavy atom. The lowest BCUT2D eigenvalue weighted by molar-refractivity contribution is 0.619. The van der Waals surface area contributed by atoms with Crippen molar-refractivity contribution in [1.29, 1.82) is 5.26 Å². The highest BCUT2D eigenvalue weighted by Gasteiger charge is 2.18. The zero-order valence-corrected chi connectivity index (χ0v) is 30.4. The molecule has 0 saturated heterocycles. The summed E-state index contributed by atoms with van der Waals surface area (Å²) >= 11 is 0. The fourth-order valence-electron chi connectivity index (χ4n) is 7.87. The molecule has 11 rings (SSSR count). The van der Waals surface area contributed by atoms with Crippen molar-refractivity contribution < 1.29 is 8.83 Å². The minimum atomic E-state index is 0.571. The van der Waals surface area contributed by atoms with Crippen LogP contribution in [0.4, 0.5) is 17.1 Å². The molecule has 0 amide bonds. The minimum absolute atomic E-state index is 0.571. The first kappa shape index (κ1) is 32.4. The van der Waals surface area contributed by atoms with E-state index >= 15 is 0 Å². The van der Waals surface area contributed by atoms with Crippen LogP contribution in [0.2, 0.25) is 0 Å². The Bertz CT molecular complexity index is 3190. The quantitative estimate of drug-likeness (QED) is 0.159. The van der Waals surface area contributed by atoms with Crippen molar-refractivity contribution in [1.82, 2.24) is 9.97 Å². The van der Waals surface area contributed by atoms with Gasteiger partial charge in [-0.25, -0.2) is 9.97 Å². The van der Waals surface area contributed by atoms with E-state index < -0.39 is 0 Å². The maximum atomic E-state index is 10.5. The molecule has 2 aromatic heterocycles. The zero-order chi connectivity index (χ0) is 37.9. The number of para-hydroxylation sites is 4. The van der Waals surface area contributed by atoms with Crippen LogP contribution in [0.1, 0.15) is 5.56 Å². The summed E-state index contributed by atoms with van der Waals surface area (Å²) in [7, 11) is 0. The highest BCUT2D eigenvalue weighted by molar-refractivity contribution is 6.09. The molecule has 0 aliphatic rings. The van der Waals surface area contributed by atoms with Crippen LogP contribution >= 0.6 is 0 Å². The number of oxazole rings is 2. The molecule has 2 heterocycles. The van der Waals surface area contributed by atoms with Crippen molar-refractivity contribution in [3.63, 3.8) is 0 Å². The summed E-state index contributed by atoms with van der Waals surface area (Å²) in [6.45, 7) is 0. The van der Waals surface area contributed by atoms with E-state index in [4.69, 9.17) is 18.8 Å². The van der Waals surface area contributed by atoms with Crippen LogP contribution < -0.4 is 4.90 Å². The molecule has 0 spiro atoms. The van der Waals surface area contributed by atoms with Crippen molar-refractivity contribution in [2.24, 2.45) is 0 Å². The molecule has 0 fully saturated rings. The molecule has 0 unspecified atom stereocenters. The van der Waals surface area contributed by atoms with Gasteiger partial charge in [0.1, 0.15) is 11.0 Å². The van der Waals surface area contributed by atoms with Gasteiger partial charge in [0, 0.05) is 33.8 Å². The van der Waals surface area contributed by atoms with Gasteiger partial charge in [0.15, 0.2) is 11.2 Å². The monoisotopic (exact) mass is 730 g/mol. The predicted octanol–water partition coefficient (Wildman–Crippen LogP) is 13.8. The summed E-state index contributed by atoms with van der Waals surface area (Å²) in [6, 6.07) is 64.3. The van der Waals surface area contributed by atoms with E-state index in [1.807, 2.05) is 78.9 Å². The number of hydrogen-bond donors (Lipinski definition) is 0. The lowest BCUT2D eigenvalue weighted by Gasteiger charge is -2.26.